The van der Waals surface area contributed by atoms with Crippen LogP contribution in [0.5, 0.6) is 0 Å². The topological polar surface area (TPSA) is 97.8 Å². The van der Waals surface area contributed by atoms with E-state index in [0.29, 0.717) is 22.9 Å². The van der Waals surface area contributed by atoms with Gasteiger partial charge in [0.15, 0.2) is 0 Å². The summed E-state index contributed by atoms with van der Waals surface area (Å²) in [6.07, 6.45) is 5.43. The summed E-state index contributed by atoms with van der Waals surface area (Å²) in [6.45, 7) is 1.88. The van der Waals surface area contributed by atoms with Crippen molar-refractivity contribution in [1.82, 2.24) is 24.7 Å². The van der Waals surface area contributed by atoms with E-state index in [1.54, 1.807) is 6.20 Å². The molecule has 0 saturated carbocycles. The van der Waals surface area contributed by atoms with Crippen molar-refractivity contribution in [3.05, 3.63) is 17.4 Å². The molecule has 100 valence electrons. The molecule has 3 heterocycles. The van der Waals surface area contributed by atoms with E-state index in [-0.39, 0.29) is 0 Å². The van der Waals surface area contributed by atoms with Gasteiger partial charge < -0.3 is 4.90 Å². The number of hydrazine groups is 1. The van der Waals surface area contributed by atoms with Crippen LogP contribution >= 0.6 is 11.6 Å². The molecule has 0 unspecified atom stereocenters. The van der Waals surface area contributed by atoms with Crippen LogP contribution in [0.4, 0.5) is 11.9 Å². The van der Waals surface area contributed by atoms with Gasteiger partial charge in [0.2, 0.25) is 11.9 Å². The summed E-state index contributed by atoms with van der Waals surface area (Å²) < 4.78 is 1.49. The lowest BCUT2D eigenvalue weighted by atomic mass is 10.4. The van der Waals surface area contributed by atoms with Gasteiger partial charge >= 0.3 is 0 Å². The summed E-state index contributed by atoms with van der Waals surface area (Å²) in [5, 5.41) is 4.59. The Bertz CT molecular complexity index is 577. The van der Waals surface area contributed by atoms with Gasteiger partial charge in [-0.3, -0.25) is 5.43 Å². The molecule has 2 aromatic rings. The lowest BCUT2D eigenvalue weighted by Gasteiger charge is -2.16. The second-order valence-corrected chi connectivity index (χ2v) is 4.64. The highest BCUT2D eigenvalue weighted by Gasteiger charge is 2.18. The Morgan fingerprint density at radius 1 is 1.16 bits per heavy atom. The minimum absolute atomic E-state index is 0.304. The van der Waals surface area contributed by atoms with Crippen molar-refractivity contribution in [3.8, 4) is 5.95 Å². The van der Waals surface area contributed by atoms with Gasteiger partial charge in [0.05, 0.1) is 17.4 Å². The van der Waals surface area contributed by atoms with Crippen molar-refractivity contribution in [2.45, 2.75) is 12.8 Å². The first-order valence-corrected chi connectivity index (χ1v) is 6.32. The highest BCUT2D eigenvalue weighted by atomic mass is 35.5. The summed E-state index contributed by atoms with van der Waals surface area (Å²) in [6, 6.07) is 0. The fourth-order valence-electron chi connectivity index (χ4n) is 1.99. The lowest BCUT2D eigenvalue weighted by Crippen LogP contribution is -2.23. The van der Waals surface area contributed by atoms with E-state index >= 15 is 0 Å². The van der Waals surface area contributed by atoms with Gasteiger partial charge in [0.1, 0.15) is 0 Å². The Morgan fingerprint density at radius 3 is 2.53 bits per heavy atom. The van der Waals surface area contributed by atoms with Crippen LogP contribution in [-0.4, -0.2) is 37.8 Å². The van der Waals surface area contributed by atoms with Crippen molar-refractivity contribution >= 4 is 23.5 Å². The fourth-order valence-corrected chi connectivity index (χ4v) is 2.13. The first kappa shape index (κ1) is 12.1. The molecule has 0 aliphatic carbocycles. The number of halogens is 1. The van der Waals surface area contributed by atoms with E-state index in [2.05, 4.69) is 30.4 Å². The van der Waals surface area contributed by atoms with E-state index in [9.17, 15) is 0 Å². The third-order valence-corrected chi connectivity index (χ3v) is 3.08. The standard InChI is InChI=1S/C10H13ClN8/c11-7-5-13-19(6-7)10-15-8(17-12)14-9(16-10)18-3-1-2-4-18/h5-6H,1-4,12H2,(H,14,15,16,17). The molecule has 1 saturated heterocycles. The predicted octanol–water partition coefficient (Wildman–Crippen LogP) is 0.596. The molecule has 1 fully saturated rings. The molecule has 0 amide bonds. The predicted molar refractivity (Wildman–Crippen MR) is 71.2 cm³/mol. The minimum Gasteiger partial charge on any atom is -0.341 e. The van der Waals surface area contributed by atoms with Crippen LogP contribution in [0, 0.1) is 0 Å². The van der Waals surface area contributed by atoms with E-state index in [0.717, 1.165) is 25.9 Å². The third kappa shape index (κ3) is 2.45. The molecule has 8 nitrogen and oxygen atoms in total. The van der Waals surface area contributed by atoms with Crippen LogP contribution in [0.2, 0.25) is 5.02 Å². The highest BCUT2D eigenvalue weighted by molar-refractivity contribution is 6.30. The largest absolute Gasteiger partial charge is 0.341 e. The Kier molecular flexibility index (Phi) is 3.18. The summed E-state index contributed by atoms with van der Waals surface area (Å²) in [5.74, 6) is 6.68. The van der Waals surface area contributed by atoms with E-state index in [1.165, 1.54) is 10.9 Å². The normalized spacial score (nSPS) is 14.9. The van der Waals surface area contributed by atoms with E-state index in [4.69, 9.17) is 17.4 Å². The van der Waals surface area contributed by atoms with Crippen LogP contribution in [0.25, 0.3) is 5.95 Å². The zero-order chi connectivity index (χ0) is 13.2. The maximum absolute atomic E-state index is 5.85. The van der Waals surface area contributed by atoms with Crippen LogP contribution in [0.15, 0.2) is 12.4 Å². The maximum Gasteiger partial charge on any atom is 0.257 e. The molecule has 2 aromatic heterocycles. The van der Waals surface area contributed by atoms with Crippen LogP contribution in [-0.2, 0) is 0 Å². The number of nitrogens with two attached hydrogens (primary N) is 1. The van der Waals surface area contributed by atoms with Gasteiger partial charge in [0, 0.05) is 13.1 Å². The van der Waals surface area contributed by atoms with Gasteiger partial charge in [-0.15, -0.1) is 0 Å². The van der Waals surface area contributed by atoms with Gasteiger partial charge in [0.25, 0.3) is 5.95 Å². The maximum atomic E-state index is 5.85. The van der Waals surface area contributed by atoms with Crippen LogP contribution in [0.3, 0.4) is 0 Å². The number of hydrogen-bond acceptors (Lipinski definition) is 7. The van der Waals surface area contributed by atoms with E-state index in [1.807, 2.05) is 0 Å². The molecule has 3 rings (SSSR count). The molecule has 0 radical (unpaired) electrons. The summed E-state index contributed by atoms with van der Waals surface area (Å²) in [4.78, 5) is 14.9. The number of nitrogens with one attached hydrogen (secondary N) is 1. The molecule has 19 heavy (non-hydrogen) atoms. The number of rotatable bonds is 3. The quantitative estimate of drug-likeness (QED) is 0.627. The summed E-state index contributed by atoms with van der Waals surface area (Å²) in [5.41, 5.74) is 2.44. The molecule has 9 heteroatoms. The smallest absolute Gasteiger partial charge is 0.257 e. The first-order chi connectivity index (χ1) is 9.26. The van der Waals surface area contributed by atoms with Crippen molar-refractivity contribution in [2.24, 2.45) is 5.84 Å². The molecule has 0 atom stereocenters. The lowest BCUT2D eigenvalue weighted by molar-refractivity contribution is 0.779. The Hall–Kier alpha value is -1.93. The molecule has 3 N–H and O–H groups in total. The molecule has 1 aliphatic heterocycles. The van der Waals surface area contributed by atoms with Gasteiger partial charge in [-0.1, -0.05) is 11.6 Å². The number of aromatic nitrogens is 5. The number of anilines is 2. The molecule has 0 bridgehead atoms. The van der Waals surface area contributed by atoms with Crippen LogP contribution < -0.4 is 16.2 Å². The van der Waals surface area contributed by atoms with E-state index < -0.39 is 0 Å². The van der Waals surface area contributed by atoms with Gasteiger partial charge in [-0.05, 0) is 12.8 Å². The fraction of sp³-hybridized carbons (Fsp3) is 0.400. The Labute approximate surface area is 114 Å². The Balaban J connectivity index is 2.01. The second kappa shape index (κ2) is 4.98. The Morgan fingerprint density at radius 2 is 1.89 bits per heavy atom. The van der Waals surface area contributed by atoms with Gasteiger partial charge in [-0.25, -0.2) is 10.5 Å². The molecule has 0 aromatic carbocycles. The zero-order valence-corrected chi connectivity index (χ0v) is 10.9. The average molecular weight is 281 g/mol. The molecule has 0 spiro atoms. The zero-order valence-electron chi connectivity index (χ0n) is 10.1. The van der Waals surface area contributed by atoms with Crippen molar-refractivity contribution in [2.75, 3.05) is 23.4 Å². The number of nitrogens with zero attached hydrogens (tertiary/aromatic N) is 6. The molecule has 1 aliphatic rings. The first-order valence-electron chi connectivity index (χ1n) is 5.94. The summed E-state index contributed by atoms with van der Waals surface area (Å²) >= 11 is 5.85. The van der Waals surface area contributed by atoms with Crippen molar-refractivity contribution in [3.63, 3.8) is 0 Å². The van der Waals surface area contributed by atoms with Crippen molar-refractivity contribution in [1.29, 1.82) is 0 Å². The number of hydrogen-bond donors (Lipinski definition) is 2. The summed E-state index contributed by atoms with van der Waals surface area (Å²) in [7, 11) is 0. The average Bonchev–Trinajstić information content (AvgIpc) is 3.09. The number of nitrogen functional groups attached to an aromatic ring is 1. The van der Waals surface area contributed by atoms with Gasteiger partial charge in [-0.2, -0.15) is 20.1 Å². The molecular formula is C10H13ClN8. The monoisotopic (exact) mass is 280 g/mol. The third-order valence-electron chi connectivity index (χ3n) is 2.89. The van der Waals surface area contributed by atoms with Crippen molar-refractivity contribution < 1.29 is 0 Å². The minimum atomic E-state index is 0.304. The SMILES string of the molecule is NNc1nc(N2CCCC2)nc(-n2cc(Cl)cn2)n1. The second-order valence-electron chi connectivity index (χ2n) is 4.20. The van der Waals surface area contributed by atoms with Crippen LogP contribution in [0.1, 0.15) is 12.8 Å². The molecular weight excluding hydrogens is 268 g/mol. The highest BCUT2D eigenvalue weighted by Crippen LogP contribution is 2.18.